The van der Waals surface area contributed by atoms with Crippen LogP contribution in [0.15, 0.2) is 89.4 Å². The highest BCUT2D eigenvalue weighted by atomic mass is 79.9. The summed E-state index contributed by atoms with van der Waals surface area (Å²) in [5.41, 5.74) is 15.9. The molecule has 0 saturated carbocycles. The van der Waals surface area contributed by atoms with Gasteiger partial charge in [0.2, 0.25) is 0 Å². The van der Waals surface area contributed by atoms with Gasteiger partial charge in [0.05, 0.1) is 5.69 Å². The fourth-order valence-corrected chi connectivity index (χ4v) is 5.91. The molecule has 2 N–H and O–H groups in total. The molecule has 1 aromatic heterocycles. The summed E-state index contributed by atoms with van der Waals surface area (Å²) in [6, 6.07) is 30.2. The van der Waals surface area contributed by atoms with Gasteiger partial charge in [-0.1, -0.05) is 90.0 Å². The van der Waals surface area contributed by atoms with E-state index < -0.39 is 0 Å². The quantitative estimate of drug-likeness (QED) is 0.254. The van der Waals surface area contributed by atoms with Gasteiger partial charge in [-0.15, -0.1) is 11.3 Å². The Balaban J connectivity index is 1.93. The Labute approximate surface area is 195 Å². The molecular weight excluding hydrogens is 462 g/mol. The van der Waals surface area contributed by atoms with Crippen molar-refractivity contribution in [2.75, 3.05) is 5.73 Å². The highest BCUT2D eigenvalue weighted by Crippen LogP contribution is 2.51. The Morgan fingerprint density at radius 3 is 1.84 bits per heavy atom. The van der Waals surface area contributed by atoms with E-state index in [0.29, 0.717) is 0 Å². The second-order valence-electron chi connectivity index (χ2n) is 7.92. The van der Waals surface area contributed by atoms with Crippen molar-refractivity contribution in [3.63, 3.8) is 0 Å². The number of benzene rings is 4. The zero-order chi connectivity index (χ0) is 21.5. The van der Waals surface area contributed by atoms with Gasteiger partial charge in [-0.2, -0.15) is 0 Å². The van der Waals surface area contributed by atoms with Crippen LogP contribution in [-0.4, -0.2) is 0 Å². The summed E-state index contributed by atoms with van der Waals surface area (Å²) in [5, 5.41) is 1.22. The van der Waals surface area contributed by atoms with Gasteiger partial charge >= 0.3 is 0 Å². The van der Waals surface area contributed by atoms with Gasteiger partial charge in [0.25, 0.3) is 0 Å². The van der Waals surface area contributed by atoms with Crippen LogP contribution in [0.1, 0.15) is 11.1 Å². The topological polar surface area (TPSA) is 26.0 Å². The minimum absolute atomic E-state index is 0.778. The number of hydrogen-bond donors (Lipinski definition) is 1. The van der Waals surface area contributed by atoms with Crippen molar-refractivity contribution in [2.45, 2.75) is 13.8 Å². The van der Waals surface area contributed by atoms with E-state index in [2.05, 4.69) is 109 Å². The van der Waals surface area contributed by atoms with Crippen LogP contribution in [0.25, 0.3) is 42.8 Å². The molecule has 3 heteroatoms. The first-order chi connectivity index (χ1) is 15.0. The zero-order valence-electron chi connectivity index (χ0n) is 17.4. The maximum atomic E-state index is 6.68. The second-order valence-corrected chi connectivity index (χ2v) is 9.83. The number of hydrogen-bond acceptors (Lipinski definition) is 2. The first-order valence-corrected chi connectivity index (χ1v) is 11.9. The first kappa shape index (κ1) is 20.0. The lowest BCUT2D eigenvalue weighted by molar-refractivity contribution is 1.47. The summed E-state index contributed by atoms with van der Waals surface area (Å²) in [5.74, 6) is 0. The highest BCUT2D eigenvalue weighted by Gasteiger charge is 2.22. The van der Waals surface area contributed by atoms with Crippen molar-refractivity contribution in [3.05, 3.63) is 101 Å². The Bertz CT molecular complexity index is 1380. The van der Waals surface area contributed by atoms with Crippen LogP contribution < -0.4 is 5.73 Å². The molecule has 5 rings (SSSR count). The molecule has 0 radical (unpaired) electrons. The molecule has 0 aliphatic rings. The second kappa shape index (κ2) is 7.99. The van der Waals surface area contributed by atoms with Crippen LogP contribution in [0.4, 0.5) is 5.69 Å². The third-order valence-corrected chi connectivity index (χ3v) is 7.53. The van der Waals surface area contributed by atoms with Gasteiger partial charge in [-0.3, -0.25) is 0 Å². The maximum Gasteiger partial charge on any atom is 0.0545 e. The molecule has 0 bridgehead atoms. The summed E-state index contributed by atoms with van der Waals surface area (Å²) >= 11 is 5.54. The summed E-state index contributed by atoms with van der Waals surface area (Å²) in [6.45, 7) is 4.25. The number of rotatable bonds is 3. The molecule has 0 atom stereocenters. The number of thiophene rings is 1. The van der Waals surface area contributed by atoms with Gasteiger partial charge in [0, 0.05) is 30.6 Å². The third-order valence-electron chi connectivity index (χ3n) is 5.69. The zero-order valence-corrected chi connectivity index (χ0v) is 19.8. The Morgan fingerprint density at radius 1 is 0.677 bits per heavy atom. The fraction of sp³-hybridized carbons (Fsp3) is 0.0714. The van der Waals surface area contributed by atoms with Gasteiger partial charge in [-0.05, 0) is 52.5 Å². The minimum atomic E-state index is 0.778. The van der Waals surface area contributed by atoms with Crippen LogP contribution in [0.5, 0.6) is 0 Å². The highest BCUT2D eigenvalue weighted by molar-refractivity contribution is 9.10. The third kappa shape index (κ3) is 3.58. The van der Waals surface area contributed by atoms with Crippen molar-refractivity contribution in [2.24, 2.45) is 0 Å². The normalized spacial score (nSPS) is 11.2. The Morgan fingerprint density at radius 2 is 1.23 bits per heavy atom. The molecule has 0 aliphatic heterocycles. The molecule has 0 saturated heterocycles. The number of nitrogens with two attached hydrogens (primary N) is 1. The van der Waals surface area contributed by atoms with Gasteiger partial charge in [-0.25, -0.2) is 0 Å². The number of anilines is 1. The van der Waals surface area contributed by atoms with E-state index >= 15 is 0 Å². The molecule has 31 heavy (non-hydrogen) atoms. The van der Waals surface area contributed by atoms with Crippen LogP contribution >= 0.6 is 27.3 Å². The predicted molar refractivity (Wildman–Crippen MR) is 140 cm³/mol. The molecule has 1 heterocycles. The molecular formula is C28H22BrNS. The van der Waals surface area contributed by atoms with Crippen LogP contribution in [0.2, 0.25) is 0 Å². The van der Waals surface area contributed by atoms with Gasteiger partial charge in [0.1, 0.15) is 0 Å². The monoisotopic (exact) mass is 483 g/mol. The van der Waals surface area contributed by atoms with E-state index in [1.807, 2.05) is 17.4 Å². The van der Waals surface area contributed by atoms with Gasteiger partial charge in [0.15, 0.2) is 0 Å². The summed E-state index contributed by atoms with van der Waals surface area (Å²) in [7, 11) is 0. The lowest BCUT2D eigenvalue weighted by Gasteiger charge is -2.13. The number of fused-ring (bicyclic) bond motifs is 1. The van der Waals surface area contributed by atoms with E-state index in [1.54, 1.807) is 0 Å². The molecule has 0 spiro atoms. The van der Waals surface area contributed by atoms with Crippen LogP contribution in [0, 0.1) is 13.8 Å². The van der Waals surface area contributed by atoms with E-state index in [4.69, 9.17) is 5.73 Å². The average Bonchev–Trinajstić information content (AvgIpc) is 3.15. The summed E-state index contributed by atoms with van der Waals surface area (Å²) < 4.78 is 2.16. The van der Waals surface area contributed by atoms with Crippen molar-refractivity contribution in [3.8, 4) is 32.7 Å². The molecule has 0 amide bonds. The average molecular weight is 484 g/mol. The van der Waals surface area contributed by atoms with Crippen LogP contribution in [-0.2, 0) is 0 Å². The first-order valence-electron chi connectivity index (χ1n) is 10.3. The van der Waals surface area contributed by atoms with Crippen molar-refractivity contribution in [1.82, 2.24) is 0 Å². The smallest absolute Gasteiger partial charge is 0.0545 e. The SMILES string of the molecule is Cc1ccc(-c2sc3cc(Br)c(N)c(-c4ccccc4)c3c2-c2ccc(C)cc2)cc1. The molecule has 0 unspecified atom stereocenters. The Kier molecular flexibility index (Phi) is 5.17. The maximum absolute atomic E-state index is 6.68. The lowest BCUT2D eigenvalue weighted by atomic mass is 9.92. The lowest BCUT2D eigenvalue weighted by Crippen LogP contribution is -1.93. The molecule has 1 nitrogen and oxygen atoms in total. The molecule has 0 fully saturated rings. The summed E-state index contributed by atoms with van der Waals surface area (Å²) in [6.07, 6.45) is 0. The van der Waals surface area contributed by atoms with Crippen molar-refractivity contribution < 1.29 is 0 Å². The molecule has 4 aromatic carbocycles. The largest absolute Gasteiger partial charge is 0.397 e. The number of halogens is 1. The van der Waals surface area contributed by atoms with Gasteiger partial charge < -0.3 is 5.73 Å². The van der Waals surface area contributed by atoms with Crippen LogP contribution in [0.3, 0.4) is 0 Å². The van der Waals surface area contributed by atoms with Crippen molar-refractivity contribution in [1.29, 1.82) is 0 Å². The number of nitrogen functional groups attached to an aromatic ring is 1. The van der Waals surface area contributed by atoms with E-state index in [9.17, 15) is 0 Å². The Hall–Kier alpha value is -2.88. The predicted octanol–water partition coefficient (Wildman–Crippen LogP) is 8.86. The molecule has 152 valence electrons. The standard InChI is InChI=1S/C28H22BrNS/c1-17-8-12-20(13-9-17)25-26-23(31-28(25)21-14-10-18(2)11-15-21)16-22(29)27(30)24(26)19-6-4-3-5-7-19/h3-16H,30H2,1-2H3. The molecule has 5 aromatic rings. The summed E-state index contributed by atoms with van der Waals surface area (Å²) in [4.78, 5) is 1.27. The molecule has 0 aliphatic carbocycles. The van der Waals surface area contributed by atoms with E-state index in [0.717, 1.165) is 21.3 Å². The van der Waals surface area contributed by atoms with Crippen molar-refractivity contribution >= 4 is 43.0 Å². The van der Waals surface area contributed by atoms with E-state index in [-0.39, 0.29) is 0 Å². The minimum Gasteiger partial charge on any atom is -0.397 e. The fourth-order valence-electron chi connectivity index (χ4n) is 4.05. The number of aryl methyl sites for hydroxylation is 2. The van der Waals surface area contributed by atoms with E-state index in [1.165, 1.54) is 42.8 Å².